The monoisotopic (exact) mass is 494 g/mol. The number of piperidine rings is 1. The van der Waals surface area contributed by atoms with Gasteiger partial charge >= 0.3 is 0 Å². The molecule has 0 saturated carbocycles. The number of nitrogens with one attached hydrogen (secondary N) is 1. The Morgan fingerprint density at radius 1 is 1.03 bits per heavy atom. The highest BCUT2D eigenvalue weighted by atomic mass is 16.5. The summed E-state index contributed by atoms with van der Waals surface area (Å²) in [7, 11) is 3.05. The summed E-state index contributed by atoms with van der Waals surface area (Å²) >= 11 is 0. The van der Waals surface area contributed by atoms with Crippen LogP contribution in [0.15, 0.2) is 36.4 Å². The molecule has 2 amide bonds. The molecule has 2 aliphatic heterocycles. The molecule has 8 nitrogen and oxygen atoms in total. The average Bonchev–Trinajstić information content (AvgIpc) is 2.86. The van der Waals surface area contributed by atoms with Crippen molar-refractivity contribution in [2.75, 3.05) is 33.9 Å². The van der Waals surface area contributed by atoms with Gasteiger partial charge in [-0.05, 0) is 35.2 Å². The molecular weight excluding hydrogens is 460 g/mol. The Balaban J connectivity index is 1.35. The van der Waals surface area contributed by atoms with E-state index < -0.39 is 5.60 Å². The van der Waals surface area contributed by atoms with Gasteiger partial charge < -0.3 is 24.4 Å². The second-order valence-electron chi connectivity index (χ2n) is 10.5. The predicted molar refractivity (Wildman–Crippen MR) is 135 cm³/mol. The number of amides is 2. The SMILES string of the molecule is COc1ccc2c(c1OC)OC1(CCN(C(=O)CNC(=O)c3ccc(C(C)(C)C)cc3)CC1)CC2=O. The summed E-state index contributed by atoms with van der Waals surface area (Å²) in [6.45, 7) is 7.13. The fourth-order valence-corrected chi connectivity index (χ4v) is 4.79. The summed E-state index contributed by atoms with van der Waals surface area (Å²) in [5, 5.41) is 2.73. The van der Waals surface area contributed by atoms with Crippen LogP contribution in [0, 0.1) is 0 Å². The number of methoxy groups -OCH3 is 2. The summed E-state index contributed by atoms with van der Waals surface area (Å²) < 4.78 is 17.2. The lowest BCUT2D eigenvalue weighted by molar-refractivity contribution is -0.133. The van der Waals surface area contributed by atoms with E-state index in [-0.39, 0.29) is 36.0 Å². The molecular formula is C28H34N2O6. The highest BCUT2D eigenvalue weighted by Crippen LogP contribution is 2.47. The maximum Gasteiger partial charge on any atom is 0.251 e. The molecule has 1 N–H and O–H groups in total. The molecule has 0 aromatic heterocycles. The minimum Gasteiger partial charge on any atom is -0.493 e. The first kappa shape index (κ1) is 25.5. The minimum absolute atomic E-state index is 0.00252. The number of fused-ring (bicyclic) bond motifs is 1. The number of carbonyl (C=O) groups is 3. The van der Waals surface area contributed by atoms with Gasteiger partial charge in [-0.3, -0.25) is 14.4 Å². The lowest BCUT2D eigenvalue weighted by atomic mass is 9.82. The Morgan fingerprint density at radius 3 is 2.28 bits per heavy atom. The zero-order chi connectivity index (χ0) is 26.1. The van der Waals surface area contributed by atoms with E-state index in [1.165, 1.54) is 14.2 Å². The van der Waals surface area contributed by atoms with E-state index in [9.17, 15) is 14.4 Å². The first-order valence-electron chi connectivity index (χ1n) is 12.2. The van der Waals surface area contributed by atoms with Crippen LogP contribution >= 0.6 is 0 Å². The van der Waals surface area contributed by atoms with E-state index in [2.05, 4.69) is 26.1 Å². The smallest absolute Gasteiger partial charge is 0.251 e. The van der Waals surface area contributed by atoms with Gasteiger partial charge in [0.15, 0.2) is 17.3 Å². The van der Waals surface area contributed by atoms with E-state index in [1.807, 2.05) is 12.1 Å². The number of carbonyl (C=O) groups excluding carboxylic acids is 3. The van der Waals surface area contributed by atoms with Crippen LogP contribution < -0.4 is 19.5 Å². The number of hydrogen-bond donors (Lipinski definition) is 1. The normalized spacial score (nSPS) is 16.7. The Morgan fingerprint density at radius 2 is 1.69 bits per heavy atom. The third kappa shape index (κ3) is 5.03. The van der Waals surface area contributed by atoms with Crippen molar-refractivity contribution < 1.29 is 28.6 Å². The van der Waals surface area contributed by atoms with E-state index >= 15 is 0 Å². The molecule has 2 aromatic rings. The molecule has 8 heteroatoms. The highest BCUT2D eigenvalue weighted by Gasteiger charge is 2.45. The quantitative estimate of drug-likeness (QED) is 0.680. The number of rotatable bonds is 5. The molecule has 1 saturated heterocycles. The molecule has 1 spiro atoms. The number of hydrogen-bond acceptors (Lipinski definition) is 6. The Hall–Kier alpha value is -3.55. The molecule has 2 aliphatic rings. The number of likely N-dealkylation sites (tertiary alicyclic amines) is 1. The van der Waals surface area contributed by atoms with Gasteiger partial charge in [-0.1, -0.05) is 32.9 Å². The Labute approximate surface area is 211 Å². The van der Waals surface area contributed by atoms with Crippen LogP contribution in [0.25, 0.3) is 0 Å². The number of ether oxygens (including phenoxy) is 3. The van der Waals surface area contributed by atoms with Crippen LogP contribution in [0.1, 0.15) is 66.3 Å². The molecule has 0 unspecified atom stereocenters. The van der Waals surface area contributed by atoms with Crippen molar-refractivity contribution in [3.8, 4) is 17.2 Å². The van der Waals surface area contributed by atoms with Crippen molar-refractivity contribution in [3.63, 3.8) is 0 Å². The topological polar surface area (TPSA) is 94.2 Å². The summed E-state index contributed by atoms with van der Waals surface area (Å²) in [5.74, 6) is 0.846. The molecule has 0 radical (unpaired) electrons. The van der Waals surface area contributed by atoms with Crippen LogP contribution in [0.2, 0.25) is 0 Å². The largest absolute Gasteiger partial charge is 0.493 e. The highest BCUT2D eigenvalue weighted by molar-refractivity contribution is 6.01. The van der Waals surface area contributed by atoms with Crippen LogP contribution in [-0.2, 0) is 10.2 Å². The second-order valence-corrected chi connectivity index (χ2v) is 10.5. The molecule has 0 atom stereocenters. The molecule has 192 valence electrons. The zero-order valence-electron chi connectivity index (χ0n) is 21.6. The molecule has 0 aliphatic carbocycles. The van der Waals surface area contributed by atoms with Crippen LogP contribution in [0.3, 0.4) is 0 Å². The number of ketones is 1. The fourth-order valence-electron chi connectivity index (χ4n) is 4.79. The molecule has 0 bridgehead atoms. The van der Waals surface area contributed by atoms with Gasteiger partial charge in [0.1, 0.15) is 5.60 Å². The van der Waals surface area contributed by atoms with E-state index in [0.717, 1.165) is 5.56 Å². The van der Waals surface area contributed by atoms with Gasteiger partial charge in [0.25, 0.3) is 5.91 Å². The Kier molecular flexibility index (Phi) is 6.98. The van der Waals surface area contributed by atoms with Gasteiger partial charge in [0, 0.05) is 31.5 Å². The van der Waals surface area contributed by atoms with Gasteiger partial charge in [0.2, 0.25) is 11.7 Å². The van der Waals surface area contributed by atoms with Gasteiger partial charge in [-0.2, -0.15) is 0 Å². The fraction of sp³-hybridized carbons (Fsp3) is 0.464. The predicted octanol–water partition coefficient (Wildman–Crippen LogP) is 3.76. The molecule has 1 fully saturated rings. The van der Waals surface area contributed by atoms with Crippen molar-refractivity contribution in [1.82, 2.24) is 10.2 Å². The molecule has 2 heterocycles. The van der Waals surface area contributed by atoms with E-state index in [1.54, 1.807) is 29.2 Å². The van der Waals surface area contributed by atoms with E-state index in [0.29, 0.717) is 54.3 Å². The maximum absolute atomic E-state index is 12.9. The zero-order valence-corrected chi connectivity index (χ0v) is 21.6. The van der Waals surface area contributed by atoms with Gasteiger partial charge in [-0.25, -0.2) is 0 Å². The molecule has 36 heavy (non-hydrogen) atoms. The van der Waals surface area contributed by atoms with Gasteiger partial charge in [0.05, 0.1) is 32.7 Å². The standard InChI is InChI=1S/C28H34N2O6/c1-27(2,3)19-8-6-18(7-9-19)26(33)29-17-23(32)30-14-12-28(13-15-30)16-21(31)20-10-11-22(34-4)25(35-5)24(20)36-28/h6-11H,12-17H2,1-5H3,(H,29,33). The lowest BCUT2D eigenvalue weighted by Gasteiger charge is -2.44. The van der Waals surface area contributed by atoms with E-state index in [4.69, 9.17) is 14.2 Å². The third-order valence-corrected chi connectivity index (χ3v) is 7.04. The summed E-state index contributed by atoms with van der Waals surface area (Å²) in [4.78, 5) is 40.0. The third-order valence-electron chi connectivity index (χ3n) is 7.04. The van der Waals surface area contributed by atoms with Crippen LogP contribution in [0.5, 0.6) is 17.2 Å². The second kappa shape index (κ2) is 9.84. The number of nitrogens with zero attached hydrogens (tertiary/aromatic N) is 1. The lowest BCUT2D eigenvalue weighted by Crippen LogP contribution is -2.53. The number of benzene rings is 2. The summed E-state index contributed by atoms with van der Waals surface area (Å²) in [6, 6.07) is 10.8. The summed E-state index contributed by atoms with van der Waals surface area (Å²) in [6.07, 6.45) is 1.26. The molecule has 4 rings (SSSR count). The Bertz CT molecular complexity index is 1160. The minimum atomic E-state index is -0.696. The van der Waals surface area contributed by atoms with Crippen molar-refractivity contribution in [1.29, 1.82) is 0 Å². The van der Waals surface area contributed by atoms with Crippen molar-refractivity contribution in [2.24, 2.45) is 0 Å². The van der Waals surface area contributed by atoms with Crippen LogP contribution in [0.4, 0.5) is 0 Å². The maximum atomic E-state index is 12.9. The summed E-state index contributed by atoms with van der Waals surface area (Å²) in [5.41, 5.74) is 1.45. The van der Waals surface area contributed by atoms with Crippen molar-refractivity contribution in [2.45, 2.75) is 51.0 Å². The van der Waals surface area contributed by atoms with Crippen molar-refractivity contribution in [3.05, 3.63) is 53.1 Å². The molecule has 2 aromatic carbocycles. The number of Topliss-reactive ketones (excluding diaryl/α,β-unsaturated/α-hetero) is 1. The van der Waals surface area contributed by atoms with Crippen molar-refractivity contribution >= 4 is 17.6 Å². The van der Waals surface area contributed by atoms with Crippen LogP contribution in [-0.4, -0.2) is 62.0 Å². The first-order valence-corrected chi connectivity index (χ1v) is 12.2. The average molecular weight is 495 g/mol. The van der Waals surface area contributed by atoms with Gasteiger partial charge in [-0.15, -0.1) is 0 Å². The first-order chi connectivity index (χ1) is 17.1.